The van der Waals surface area contributed by atoms with E-state index in [1.807, 2.05) is 43.4 Å². The maximum atomic E-state index is 6.04. The lowest BCUT2D eigenvalue weighted by Crippen LogP contribution is -2.19. The van der Waals surface area contributed by atoms with Gasteiger partial charge in [-0.05, 0) is 24.2 Å². The van der Waals surface area contributed by atoms with Crippen molar-refractivity contribution in [2.45, 2.75) is 12.7 Å². The molecule has 19 heavy (non-hydrogen) atoms. The topological polar surface area (TPSA) is 21.3 Å². The Kier molecular flexibility index (Phi) is 5.58. The van der Waals surface area contributed by atoms with Crippen molar-refractivity contribution in [1.82, 2.24) is 5.32 Å². The van der Waals surface area contributed by atoms with Gasteiger partial charge >= 0.3 is 0 Å². The lowest BCUT2D eigenvalue weighted by molar-refractivity contribution is 0.0407. The first-order valence-corrected chi connectivity index (χ1v) is 7.15. The summed E-state index contributed by atoms with van der Waals surface area (Å²) in [6, 6.07) is 18.5. The molecule has 2 nitrogen and oxygen atoms in total. The summed E-state index contributed by atoms with van der Waals surface area (Å²) < 4.78 is 7.13. The van der Waals surface area contributed by atoms with E-state index >= 15 is 0 Å². The molecule has 0 fully saturated rings. The van der Waals surface area contributed by atoms with Crippen LogP contribution in [0.15, 0.2) is 59.1 Å². The molecule has 0 saturated heterocycles. The summed E-state index contributed by atoms with van der Waals surface area (Å²) in [5.74, 6) is 0. The molecular formula is C16H18BrNO. The van der Waals surface area contributed by atoms with Crippen molar-refractivity contribution < 1.29 is 4.74 Å². The predicted molar refractivity (Wildman–Crippen MR) is 82.0 cm³/mol. The highest BCUT2D eigenvalue weighted by Gasteiger charge is 2.11. The second kappa shape index (κ2) is 7.43. The first-order chi connectivity index (χ1) is 9.31. The Morgan fingerprint density at radius 3 is 2.42 bits per heavy atom. The maximum absolute atomic E-state index is 6.04. The van der Waals surface area contributed by atoms with E-state index in [1.165, 1.54) is 11.1 Å². The molecule has 1 atom stereocenters. The molecule has 0 radical (unpaired) electrons. The molecule has 0 saturated carbocycles. The van der Waals surface area contributed by atoms with Crippen LogP contribution in [0.2, 0.25) is 0 Å². The van der Waals surface area contributed by atoms with Crippen LogP contribution in [0.5, 0.6) is 0 Å². The van der Waals surface area contributed by atoms with Gasteiger partial charge in [0.05, 0.1) is 12.7 Å². The second-order valence-electron chi connectivity index (χ2n) is 4.36. The first-order valence-electron chi connectivity index (χ1n) is 6.36. The molecule has 0 spiro atoms. The van der Waals surface area contributed by atoms with E-state index in [4.69, 9.17) is 4.74 Å². The molecule has 1 unspecified atom stereocenters. The molecular weight excluding hydrogens is 302 g/mol. The fourth-order valence-corrected chi connectivity index (χ4v) is 2.33. The summed E-state index contributed by atoms with van der Waals surface area (Å²) in [4.78, 5) is 0. The Hall–Kier alpha value is -1.16. The van der Waals surface area contributed by atoms with E-state index in [0.717, 1.165) is 11.0 Å². The number of ether oxygens (including phenoxy) is 1. The Labute approximate surface area is 122 Å². The highest BCUT2D eigenvalue weighted by molar-refractivity contribution is 9.10. The summed E-state index contributed by atoms with van der Waals surface area (Å²) in [6.45, 7) is 1.40. The van der Waals surface area contributed by atoms with Gasteiger partial charge in [0.1, 0.15) is 0 Å². The van der Waals surface area contributed by atoms with Gasteiger partial charge in [-0.1, -0.05) is 64.5 Å². The monoisotopic (exact) mass is 319 g/mol. The molecule has 2 aromatic rings. The van der Waals surface area contributed by atoms with Gasteiger partial charge in [-0.2, -0.15) is 0 Å². The van der Waals surface area contributed by atoms with Gasteiger partial charge < -0.3 is 10.1 Å². The number of benzene rings is 2. The van der Waals surface area contributed by atoms with Crippen molar-refractivity contribution >= 4 is 15.9 Å². The number of rotatable bonds is 6. The van der Waals surface area contributed by atoms with Crippen molar-refractivity contribution in [3.8, 4) is 0 Å². The summed E-state index contributed by atoms with van der Waals surface area (Å²) in [7, 11) is 1.94. The summed E-state index contributed by atoms with van der Waals surface area (Å²) in [5.41, 5.74) is 2.36. The normalized spacial score (nSPS) is 12.3. The van der Waals surface area contributed by atoms with Crippen LogP contribution in [0.25, 0.3) is 0 Å². The molecule has 2 rings (SSSR count). The summed E-state index contributed by atoms with van der Waals surface area (Å²) in [6.07, 6.45) is 0.0679. The predicted octanol–water partition coefficient (Wildman–Crippen LogP) is 3.93. The number of hydrogen-bond donors (Lipinski definition) is 1. The Bertz CT molecular complexity index is 501. The van der Waals surface area contributed by atoms with Gasteiger partial charge in [-0.15, -0.1) is 0 Å². The molecule has 0 aliphatic heterocycles. The Morgan fingerprint density at radius 2 is 1.74 bits per heavy atom. The van der Waals surface area contributed by atoms with Crippen LogP contribution in [0, 0.1) is 0 Å². The van der Waals surface area contributed by atoms with Crippen LogP contribution in [-0.4, -0.2) is 13.6 Å². The molecule has 1 N–H and O–H groups in total. The minimum atomic E-state index is 0.0679. The van der Waals surface area contributed by atoms with Gasteiger partial charge in [0.2, 0.25) is 0 Å². The largest absolute Gasteiger partial charge is 0.367 e. The Balaban J connectivity index is 2.04. The van der Waals surface area contributed by atoms with Crippen molar-refractivity contribution in [1.29, 1.82) is 0 Å². The fraction of sp³-hybridized carbons (Fsp3) is 0.250. The zero-order valence-electron chi connectivity index (χ0n) is 11.0. The highest BCUT2D eigenvalue weighted by Crippen LogP contribution is 2.22. The van der Waals surface area contributed by atoms with E-state index in [2.05, 4.69) is 39.4 Å². The van der Waals surface area contributed by atoms with Crippen LogP contribution >= 0.6 is 15.9 Å². The highest BCUT2D eigenvalue weighted by atomic mass is 79.9. The molecule has 0 aromatic heterocycles. The van der Waals surface area contributed by atoms with Crippen molar-refractivity contribution in [3.05, 3.63) is 70.2 Å². The van der Waals surface area contributed by atoms with Crippen LogP contribution in [0.4, 0.5) is 0 Å². The quantitative estimate of drug-likeness (QED) is 0.871. The van der Waals surface area contributed by atoms with Gasteiger partial charge in [-0.25, -0.2) is 0 Å². The molecule has 0 amide bonds. The number of hydrogen-bond acceptors (Lipinski definition) is 2. The molecule has 0 bridgehead atoms. The third-order valence-electron chi connectivity index (χ3n) is 2.96. The van der Waals surface area contributed by atoms with Crippen molar-refractivity contribution in [2.24, 2.45) is 0 Å². The zero-order valence-corrected chi connectivity index (χ0v) is 12.6. The fourth-order valence-electron chi connectivity index (χ4n) is 1.93. The standard InChI is InChI=1S/C16H18BrNO/c1-18-11-16(13-7-3-2-4-8-13)19-12-14-9-5-6-10-15(14)17/h2-10,16,18H,11-12H2,1H3. The van der Waals surface area contributed by atoms with Gasteiger partial charge in [-0.3, -0.25) is 0 Å². The first kappa shape index (κ1) is 14.3. The second-order valence-corrected chi connectivity index (χ2v) is 5.21. The van der Waals surface area contributed by atoms with E-state index < -0.39 is 0 Å². The molecule has 100 valence electrons. The van der Waals surface area contributed by atoms with Crippen LogP contribution in [0.1, 0.15) is 17.2 Å². The van der Waals surface area contributed by atoms with Crippen molar-refractivity contribution in [3.63, 3.8) is 0 Å². The molecule has 2 aromatic carbocycles. The van der Waals surface area contributed by atoms with E-state index in [-0.39, 0.29) is 6.10 Å². The number of halogens is 1. The zero-order chi connectivity index (χ0) is 13.5. The van der Waals surface area contributed by atoms with Crippen LogP contribution in [0.3, 0.4) is 0 Å². The lowest BCUT2D eigenvalue weighted by Gasteiger charge is -2.18. The maximum Gasteiger partial charge on any atom is 0.0953 e. The Morgan fingerprint density at radius 1 is 1.05 bits per heavy atom. The SMILES string of the molecule is CNCC(OCc1ccccc1Br)c1ccccc1. The van der Waals surface area contributed by atoms with Crippen molar-refractivity contribution in [2.75, 3.05) is 13.6 Å². The average molecular weight is 320 g/mol. The van der Waals surface area contributed by atoms with E-state index in [0.29, 0.717) is 6.61 Å². The third-order valence-corrected chi connectivity index (χ3v) is 3.73. The van der Waals surface area contributed by atoms with E-state index in [1.54, 1.807) is 0 Å². The van der Waals surface area contributed by atoms with Gasteiger partial charge in [0.25, 0.3) is 0 Å². The summed E-state index contributed by atoms with van der Waals surface area (Å²) in [5, 5.41) is 3.18. The minimum absolute atomic E-state index is 0.0679. The average Bonchev–Trinajstić information content (AvgIpc) is 2.46. The third kappa shape index (κ3) is 4.16. The lowest BCUT2D eigenvalue weighted by atomic mass is 10.1. The number of nitrogens with one attached hydrogen (secondary N) is 1. The number of likely N-dealkylation sites (N-methyl/N-ethyl adjacent to an activating group) is 1. The van der Waals surface area contributed by atoms with Gasteiger partial charge in [0, 0.05) is 11.0 Å². The molecule has 0 heterocycles. The summed E-state index contributed by atoms with van der Waals surface area (Å²) >= 11 is 3.55. The van der Waals surface area contributed by atoms with Crippen LogP contribution < -0.4 is 5.32 Å². The molecule has 3 heteroatoms. The smallest absolute Gasteiger partial charge is 0.0953 e. The van der Waals surface area contributed by atoms with Gasteiger partial charge in [0.15, 0.2) is 0 Å². The van der Waals surface area contributed by atoms with E-state index in [9.17, 15) is 0 Å². The molecule has 0 aliphatic carbocycles. The molecule has 0 aliphatic rings. The minimum Gasteiger partial charge on any atom is -0.367 e. The van der Waals surface area contributed by atoms with Crippen LogP contribution in [-0.2, 0) is 11.3 Å².